The van der Waals surface area contributed by atoms with E-state index >= 15 is 0 Å². The van der Waals surface area contributed by atoms with Gasteiger partial charge < -0.3 is 19.5 Å². The fourth-order valence-electron chi connectivity index (χ4n) is 3.38. The van der Waals surface area contributed by atoms with Crippen LogP contribution < -0.4 is 19.5 Å². The number of hydrogen-bond donors (Lipinski definition) is 1. The number of rotatable bonds is 7. The maximum Gasteiger partial charge on any atom is 0.252 e. The fourth-order valence-corrected chi connectivity index (χ4v) is 3.38. The lowest BCUT2D eigenvalue weighted by Gasteiger charge is -2.22. The molecule has 1 amide bonds. The average molecular weight is 406 g/mol. The van der Waals surface area contributed by atoms with Crippen molar-refractivity contribution < 1.29 is 19.0 Å². The Labute approximate surface area is 176 Å². The molecule has 6 heteroatoms. The van der Waals surface area contributed by atoms with Gasteiger partial charge in [0.25, 0.3) is 5.91 Å². The molecule has 1 heterocycles. The number of pyridine rings is 1. The van der Waals surface area contributed by atoms with Crippen molar-refractivity contribution in [3.63, 3.8) is 0 Å². The normalized spacial score (nSPS) is 11.5. The van der Waals surface area contributed by atoms with Gasteiger partial charge in [0.05, 0.1) is 27.4 Å². The number of aromatic nitrogens is 1. The van der Waals surface area contributed by atoms with E-state index in [9.17, 15) is 4.79 Å². The molecule has 0 aliphatic heterocycles. The van der Waals surface area contributed by atoms with E-state index < -0.39 is 0 Å². The molecule has 1 unspecified atom stereocenters. The first-order valence-corrected chi connectivity index (χ1v) is 9.56. The van der Waals surface area contributed by atoms with E-state index in [2.05, 4.69) is 28.5 Å². The Morgan fingerprint density at radius 2 is 1.67 bits per heavy atom. The van der Waals surface area contributed by atoms with Crippen LogP contribution in [0.2, 0.25) is 0 Å². The Bertz CT molecular complexity index is 1010. The van der Waals surface area contributed by atoms with Gasteiger partial charge in [0.1, 0.15) is 0 Å². The van der Waals surface area contributed by atoms with E-state index in [1.54, 1.807) is 24.5 Å². The van der Waals surface area contributed by atoms with Crippen LogP contribution in [0, 0.1) is 13.8 Å². The van der Waals surface area contributed by atoms with Crippen LogP contribution in [0.25, 0.3) is 0 Å². The minimum Gasteiger partial charge on any atom is -0.493 e. The van der Waals surface area contributed by atoms with Gasteiger partial charge in [0, 0.05) is 18.0 Å². The summed E-state index contributed by atoms with van der Waals surface area (Å²) in [5.74, 6) is 1.03. The summed E-state index contributed by atoms with van der Waals surface area (Å²) in [4.78, 5) is 17.5. The lowest BCUT2D eigenvalue weighted by atomic mass is 9.94. The zero-order valence-electron chi connectivity index (χ0n) is 17.9. The maximum absolute atomic E-state index is 13.3. The lowest BCUT2D eigenvalue weighted by molar-refractivity contribution is 0.0942. The van der Waals surface area contributed by atoms with Gasteiger partial charge in [-0.15, -0.1) is 0 Å². The highest BCUT2D eigenvalue weighted by Crippen LogP contribution is 2.38. The van der Waals surface area contributed by atoms with E-state index in [4.69, 9.17) is 14.2 Å². The number of nitrogens with zero attached hydrogens (tertiary/aromatic N) is 1. The molecule has 0 bridgehead atoms. The van der Waals surface area contributed by atoms with E-state index in [1.165, 1.54) is 21.3 Å². The van der Waals surface area contributed by atoms with Crippen molar-refractivity contribution in [3.8, 4) is 17.2 Å². The molecular formula is C24H26N2O4. The van der Waals surface area contributed by atoms with E-state index in [-0.39, 0.29) is 11.9 Å². The zero-order valence-corrected chi connectivity index (χ0v) is 17.9. The number of aryl methyl sites for hydroxylation is 2. The van der Waals surface area contributed by atoms with Gasteiger partial charge >= 0.3 is 0 Å². The lowest BCUT2D eigenvalue weighted by Crippen LogP contribution is -2.30. The Kier molecular flexibility index (Phi) is 6.57. The molecule has 0 spiro atoms. The van der Waals surface area contributed by atoms with Crippen molar-refractivity contribution in [2.75, 3.05) is 21.3 Å². The Morgan fingerprint density at radius 3 is 2.23 bits per heavy atom. The minimum atomic E-state index is -0.356. The maximum atomic E-state index is 13.3. The van der Waals surface area contributed by atoms with Gasteiger partial charge in [-0.1, -0.05) is 29.8 Å². The molecule has 30 heavy (non-hydrogen) atoms. The minimum absolute atomic E-state index is 0.260. The van der Waals surface area contributed by atoms with Crippen LogP contribution in [0.4, 0.5) is 0 Å². The van der Waals surface area contributed by atoms with Crippen molar-refractivity contribution in [3.05, 3.63) is 82.7 Å². The third-order valence-corrected chi connectivity index (χ3v) is 4.97. The standard InChI is InChI=1S/C24H26N2O4/c1-15-8-9-16(2)19(11-15)22(17-7-6-10-25-14-17)26-24(27)18-12-20(28-3)23(30-5)21(13-18)29-4/h6-14,22H,1-5H3,(H,26,27). The summed E-state index contributed by atoms with van der Waals surface area (Å²) in [5.41, 5.74) is 4.52. The third-order valence-electron chi connectivity index (χ3n) is 4.97. The Balaban J connectivity index is 2.03. The predicted octanol–water partition coefficient (Wildman–Crippen LogP) is 4.24. The van der Waals surface area contributed by atoms with E-state index in [1.807, 2.05) is 26.0 Å². The van der Waals surface area contributed by atoms with Gasteiger partial charge in [0.2, 0.25) is 5.75 Å². The molecule has 1 aromatic heterocycles. The summed E-state index contributed by atoms with van der Waals surface area (Å²) in [6.45, 7) is 4.06. The highest BCUT2D eigenvalue weighted by atomic mass is 16.5. The van der Waals surface area contributed by atoms with Crippen molar-refractivity contribution in [1.29, 1.82) is 0 Å². The molecular weight excluding hydrogens is 380 g/mol. The number of benzene rings is 2. The molecule has 156 valence electrons. The molecule has 6 nitrogen and oxygen atoms in total. The number of carbonyl (C=O) groups is 1. The highest BCUT2D eigenvalue weighted by molar-refractivity contribution is 5.96. The second-order valence-electron chi connectivity index (χ2n) is 6.97. The zero-order chi connectivity index (χ0) is 21.7. The number of methoxy groups -OCH3 is 3. The molecule has 0 radical (unpaired) electrons. The Morgan fingerprint density at radius 1 is 0.967 bits per heavy atom. The Hall–Kier alpha value is -3.54. The van der Waals surface area contributed by atoms with Gasteiger partial charge in [-0.3, -0.25) is 9.78 Å². The molecule has 1 atom stereocenters. The van der Waals surface area contributed by atoms with Crippen LogP contribution in [0.1, 0.15) is 38.7 Å². The van der Waals surface area contributed by atoms with Crippen molar-refractivity contribution in [1.82, 2.24) is 10.3 Å². The first-order valence-electron chi connectivity index (χ1n) is 9.56. The highest BCUT2D eigenvalue weighted by Gasteiger charge is 2.22. The van der Waals surface area contributed by atoms with Crippen molar-refractivity contribution >= 4 is 5.91 Å². The van der Waals surface area contributed by atoms with Crippen LogP contribution >= 0.6 is 0 Å². The van der Waals surface area contributed by atoms with Gasteiger partial charge in [-0.25, -0.2) is 0 Å². The van der Waals surface area contributed by atoms with Crippen LogP contribution in [0.15, 0.2) is 54.9 Å². The predicted molar refractivity (Wildman–Crippen MR) is 116 cm³/mol. The van der Waals surface area contributed by atoms with E-state index in [0.717, 1.165) is 22.3 Å². The van der Waals surface area contributed by atoms with Crippen LogP contribution in [-0.2, 0) is 0 Å². The summed E-state index contributed by atoms with van der Waals surface area (Å²) >= 11 is 0. The van der Waals surface area contributed by atoms with Crippen LogP contribution in [0.3, 0.4) is 0 Å². The molecule has 0 aliphatic rings. The van der Waals surface area contributed by atoms with Crippen molar-refractivity contribution in [2.45, 2.75) is 19.9 Å². The fraction of sp³-hybridized carbons (Fsp3) is 0.250. The second-order valence-corrected chi connectivity index (χ2v) is 6.97. The molecule has 0 aliphatic carbocycles. The average Bonchev–Trinajstić information content (AvgIpc) is 2.78. The SMILES string of the molecule is COc1cc(C(=O)NC(c2cccnc2)c2cc(C)ccc2C)cc(OC)c1OC. The number of nitrogens with one attached hydrogen (secondary N) is 1. The summed E-state index contributed by atoms with van der Waals surface area (Å²) in [7, 11) is 4.57. The molecule has 0 fully saturated rings. The molecule has 3 aromatic rings. The largest absolute Gasteiger partial charge is 0.493 e. The number of ether oxygens (including phenoxy) is 3. The summed E-state index contributed by atoms with van der Waals surface area (Å²) in [6.07, 6.45) is 3.48. The second kappa shape index (κ2) is 9.31. The monoisotopic (exact) mass is 406 g/mol. The number of hydrogen-bond acceptors (Lipinski definition) is 5. The molecule has 0 saturated carbocycles. The smallest absolute Gasteiger partial charge is 0.252 e. The molecule has 1 N–H and O–H groups in total. The van der Waals surface area contributed by atoms with Gasteiger partial charge in [0.15, 0.2) is 11.5 Å². The quantitative estimate of drug-likeness (QED) is 0.635. The van der Waals surface area contributed by atoms with Crippen LogP contribution in [0.5, 0.6) is 17.2 Å². The molecule has 3 rings (SSSR count). The number of amides is 1. The first-order chi connectivity index (χ1) is 14.5. The first kappa shape index (κ1) is 21.2. The topological polar surface area (TPSA) is 69.7 Å². The summed E-state index contributed by atoms with van der Waals surface area (Å²) in [6, 6.07) is 12.9. The van der Waals surface area contributed by atoms with Crippen LogP contribution in [-0.4, -0.2) is 32.2 Å². The van der Waals surface area contributed by atoms with E-state index in [0.29, 0.717) is 22.8 Å². The molecule has 0 saturated heterocycles. The van der Waals surface area contributed by atoms with Crippen molar-refractivity contribution in [2.24, 2.45) is 0 Å². The van der Waals surface area contributed by atoms with Gasteiger partial charge in [-0.05, 0) is 48.7 Å². The molecule has 2 aromatic carbocycles. The van der Waals surface area contributed by atoms with Gasteiger partial charge in [-0.2, -0.15) is 0 Å². The summed E-state index contributed by atoms with van der Waals surface area (Å²) in [5, 5.41) is 3.14. The summed E-state index contributed by atoms with van der Waals surface area (Å²) < 4.78 is 16.1. The third kappa shape index (κ3) is 4.38. The number of carbonyl (C=O) groups excluding carboxylic acids is 1.